The van der Waals surface area contributed by atoms with Gasteiger partial charge in [0, 0.05) is 0 Å². The molecular weight excluding hydrogens is 639 g/mol. The normalized spacial score (nSPS) is 16.7. The van der Waals surface area contributed by atoms with Gasteiger partial charge in [0.25, 0.3) is 0 Å². The second kappa shape index (κ2) is 13.2. The van der Waals surface area contributed by atoms with Crippen molar-refractivity contribution in [3.8, 4) is 11.5 Å². The zero-order valence-electron chi connectivity index (χ0n) is 28.8. The summed E-state index contributed by atoms with van der Waals surface area (Å²) < 4.78 is 53.2. The molecule has 1 aliphatic carbocycles. The van der Waals surface area contributed by atoms with Crippen molar-refractivity contribution >= 4 is 29.0 Å². The average Bonchev–Trinajstić information content (AvgIpc) is 3.45. The molecule has 0 aliphatic heterocycles. The number of anilines is 2. The van der Waals surface area contributed by atoms with Crippen LogP contribution in [0.3, 0.4) is 0 Å². The molecule has 14 heteroatoms. The molecule has 0 bridgehead atoms. The van der Waals surface area contributed by atoms with Gasteiger partial charge >= 0.3 is 18.1 Å². The number of ether oxygens (including phenoxy) is 2. The Hall–Kier alpha value is -4.85. The fourth-order valence-corrected chi connectivity index (χ4v) is 5.72. The van der Waals surface area contributed by atoms with Crippen LogP contribution in [-0.4, -0.2) is 58.8 Å². The Kier molecular flexibility index (Phi) is 9.57. The Morgan fingerprint density at radius 3 is 2.18 bits per heavy atom. The Morgan fingerprint density at radius 2 is 1.57 bits per heavy atom. The van der Waals surface area contributed by atoms with E-state index in [1.54, 1.807) is 6.07 Å². The number of pyridine rings is 1. The number of nitrogens with zero attached hydrogens (tertiary/aromatic N) is 4. The maximum Gasteiger partial charge on any atom is 0.471 e. The quantitative estimate of drug-likeness (QED) is 0.181. The SMILES string of the molecule is COc1c(NC(=O)N[C@H]2CC[C@@H](Oc3ccc4nnc(C(C)(C)N(C)C)n4c3)c3ccccc32)cc(C(C)(C)C)cc1NC(=O)C(F)(F)F. The summed E-state index contributed by atoms with van der Waals surface area (Å²) in [5, 5.41) is 16.4. The van der Waals surface area contributed by atoms with Gasteiger partial charge in [-0.3, -0.25) is 14.1 Å². The second-order valence-electron chi connectivity index (χ2n) is 13.8. The topological polar surface area (TPSA) is 122 Å². The minimum Gasteiger partial charge on any atom is -0.492 e. The maximum atomic E-state index is 13.5. The van der Waals surface area contributed by atoms with Crippen molar-refractivity contribution in [2.45, 2.75) is 76.7 Å². The lowest BCUT2D eigenvalue weighted by Gasteiger charge is -2.33. The lowest BCUT2D eigenvalue weighted by atomic mass is 9.85. The summed E-state index contributed by atoms with van der Waals surface area (Å²) >= 11 is 0. The molecule has 5 rings (SSSR count). The largest absolute Gasteiger partial charge is 0.492 e. The summed E-state index contributed by atoms with van der Waals surface area (Å²) in [4.78, 5) is 27.4. The van der Waals surface area contributed by atoms with Gasteiger partial charge in [-0.15, -0.1) is 10.2 Å². The van der Waals surface area contributed by atoms with Crippen molar-refractivity contribution in [2.75, 3.05) is 31.8 Å². The number of benzene rings is 2. The fourth-order valence-electron chi connectivity index (χ4n) is 5.72. The zero-order valence-corrected chi connectivity index (χ0v) is 28.8. The predicted octanol–water partition coefficient (Wildman–Crippen LogP) is 7.11. The van der Waals surface area contributed by atoms with Gasteiger partial charge in [0.05, 0.1) is 36.3 Å². The van der Waals surface area contributed by atoms with Gasteiger partial charge in [0.1, 0.15) is 11.9 Å². The highest BCUT2D eigenvalue weighted by Gasteiger charge is 2.39. The molecule has 262 valence electrons. The summed E-state index contributed by atoms with van der Waals surface area (Å²) in [6.45, 7) is 9.72. The lowest BCUT2D eigenvalue weighted by molar-refractivity contribution is -0.167. The molecule has 49 heavy (non-hydrogen) atoms. The first-order valence-corrected chi connectivity index (χ1v) is 15.9. The van der Waals surface area contributed by atoms with E-state index in [1.165, 1.54) is 13.2 Å². The first-order chi connectivity index (χ1) is 22.9. The molecule has 3 N–H and O–H groups in total. The number of hydrogen-bond acceptors (Lipinski definition) is 7. The number of carbonyl (C=O) groups is 2. The van der Waals surface area contributed by atoms with Crippen LogP contribution in [0.4, 0.5) is 29.3 Å². The average molecular weight is 682 g/mol. The minimum absolute atomic E-state index is 0.108. The molecule has 2 aromatic carbocycles. The molecule has 0 saturated carbocycles. The van der Waals surface area contributed by atoms with E-state index in [0.717, 1.165) is 17.0 Å². The lowest BCUT2D eigenvalue weighted by Crippen LogP contribution is -2.37. The molecule has 2 aromatic heterocycles. The second-order valence-corrected chi connectivity index (χ2v) is 13.8. The summed E-state index contributed by atoms with van der Waals surface area (Å²) in [5.74, 6) is -0.842. The number of aromatic nitrogens is 3. The van der Waals surface area contributed by atoms with E-state index in [9.17, 15) is 22.8 Å². The monoisotopic (exact) mass is 681 g/mol. The number of rotatable bonds is 8. The van der Waals surface area contributed by atoms with Gasteiger partial charge in [-0.1, -0.05) is 45.0 Å². The molecule has 1 aliphatic rings. The third kappa shape index (κ3) is 7.43. The molecule has 11 nitrogen and oxygen atoms in total. The van der Waals surface area contributed by atoms with Crippen molar-refractivity contribution in [1.29, 1.82) is 0 Å². The highest BCUT2D eigenvalue weighted by atomic mass is 19.4. The third-order valence-corrected chi connectivity index (χ3v) is 8.97. The van der Waals surface area contributed by atoms with E-state index in [-0.39, 0.29) is 34.8 Å². The molecule has 0 fully saturated rings. The first-order valence-electron chi connectivity index (χ1n) is 15.9. The molecular formula is C35H42F3N7O4. The van der Waals surface area contributed by atoms with Crippen LogP contribution < -0.4 is 25.4 Å². The molecule has 0 radical (unpaired) electrons. The van der Waals surface area contributed by atoms with Gasteiger partial charge in [-0.05, 0) is 87.2 Å². The van der Waals surface area contributed by atoms with Crippen LogP contribution in [-0.2, 0) is 15.7 Å². The van der Waals surface area contributed by atoms with Crippen molar-refractivity contribution in [3.05, 3.63) is 77.2 Å². The number of fused-ring (bicyclic) bond motifs is 2. The minimum atomic E-state index is -5.11. The van der Waals surface area contributed by atoms with Crippen LogP contribution in [0, 0.1) is 0 Å². The zero-order chi connectivity index (χ0) is 35.9. The van der Waals surface area contributed by atoms with E-state index in [2.05, 4.69) is 39.6 Å². The van der Waals surface area contributed by atoms with Crippen LogP contribution >= 0.6 is 0 Å². The number of methoxy groups -OCH3 is 1. The molecule has 2 heterocycles. The van der Waals surface area contributed by atoms with Crippen LogP contribution in [0.15, 0.2) is 54.7 Å². The van der Waals surface area contributed by atoms with E-state index in [1.807, 2.05) is 87.2 Å². The molecule has 3 amide bonds. The van der Waals surface area contributed by atoms with E-state index >= 15 is 0 Å². The van der Waals surface area contributed by atoms with Crippen LogP contribution in [0.25, 0.3) is 5.65 Å². The Labute approximate surface area is 283 Å². The van der Waals surface area contributed by atoms with Crippen LogP contribution in [0.2, 0.25) is 0 Å². The highest BCUT2D eigenvalue weighted by molar-refractivity contribution is 5.99. The standard InChI is InChI=1S/C35H42F3N7O4/c1-33(2,3)20-17-25(39-31(46)35(36,37)38)29(48-8)26(18-20)41-32(47)40-24-14-15-27(23-12-10-9-11-22(23)24)49-21-13-16-28-42-43-30(45(28)19-21)34(4,5)44(6)7/h9-13,16-19,24,27H,14-15H2,1-8H3,(H,39,46)(H2,40,41,47)/t24-,27+/m0/s1. The number of urea groups is 1. The number of alkyl halides is 3. The summed E-state index contributed by atoms with van der Waals surface area (Å²) in [6, 6.07) is 13.5. The van der Waals surface area contributed by atoms with E-state index in [0.29, 0.717) is 29.8 Å². The molecule has 0 unspecified atom stereocenters. The number of nitrogens with one attached hydrogen (secondary N) is 3. The van der Waals surface area contributed by atoms with Crippen molar-refractivity contribution in [2.24, 2.45) is 0 Å². The van der Waals surface area contributed by atoms with Crippen LogP contribution in [0.5, 0.6) is 11.5 Å². The van der Waals surface area contributed by atoms with Gasteiger partial charge < -0.3 is 25.4 Å². The number of amides is 3. The molecule has 0 saturated heterocycles. The number of hydrogen-bond donors (Lipinski definition) is 3. The third-order valence-electron chi connectivity index (χ3n) is 8.97. The van der Waals surface area contributed by atoms with Crippen molar-refractivity contribution < 1.29 is 32.2 Å². The smallest absolute Gasteiger partial charge is 0.471 e. The van der Waals surface area contributed by atoms with Crippen molar-refractivity contribution in [3.63, 3.8) is 0 Å². The molecule has 4 aromatic rings. The highest BCUT2D eigenvalue weighted by Crippen LogP contribution is 2.41. The molecule has 2 atom stereocenters. The Morgan fingerprint density at radius 1 is 0.918 bits per heavy atom. The van der Waals surface area contributed by atoms with Gasteiger partial charge in [-0.2, -0.15) is 13.2 Å². The van der Waals surface area contributed by atoms with Gasteiger partial charge in [-0.25, -0.2) is 4.79 Å². The van der Waals surface area contributed by atoms with Crippen molar-refractivity contribution in [1.82, 2.24) is 24.8 Å². The van der Waals surface area contributed by atoms with Crippen LogP contribution in [0.1, 0.15) is 82.1 Å². The maximum absolute atomic E-state index is 13.5. The molecule has 0 spiro atoms. The Bertz CT molecular complexity index is 1860. The number of carbonyl (C=O) groups excluding carboxylic acids is 2. The van der Waals surface area contributed by atoms with Gasteiger partial charge in [0.15, 0.2) is 17.2 Å². The van der Waals surface area contributed by atoms with E-state index in [4.69, 9.17) is 9.47 Å². The number of halogens is 3. The van der Waals surface area contributed by atoms with E-state index < -0.39 is 23.5 Å². The summed E-state index contributed by atoms with van der Waals surface area (Å²) in [6.07, 6.45) is -2.37. The van der Waals surface area contributed by atoms with Gasteiger partial charge in [0.2, 0.25) is 0 Å². The Balaban J connectivity index is 1.37. The predicted molar refractivity (Wildman–Crippen MR) is 180 cm³/mol. The first kappa shape index (κ1) is 35.5. The summed E-state index contributed by atoms with van der Waals surface area (Å²) in [7, 11) is 5.22. The summed E-state index contributed by atoms with van der Waals surface area (Å²) in [5.41, 5.74) is 2.06. The fraction of sp³-hybridized carbons (Fsp3) is 0.429.